The van der Waals surface area contributed by atoms with Gasteiger partial charge in [-0.2, -0.15) is 5.10 Å². The zero-order chi connectivity index (χ0) is 23.4. The predicted molar refractivity (Wildman–Crippen MR) is 129 cm³/mol. The number of aromatic nitrogens is 2. The minimum absolute atomic E-state index is 0.252. The number of thiocarbonyl (C=S) groups is 1. The second kappa shape index (κ2) is 9.92. The number of hydrogen-bond donors (Lipinski definition) is 2. The molecule has 0 atom stereocenters. The van der Waals surface area contributed by atoms with E-state index in [1.54, 1.807) is 6.92 Å². The Kier molecular flexibility index (Phi) is 7.26. The van der Waals surface area contributed by atoms with E-state index < -0.39 is 11.9 Å². The van der Waals surface area contributed by atoms with E-state index in [9.17, 15) is 9.59 Å². The molecular formula is C22H24N4O4S2. The van der Waals surface area contributed by atoms with Crippen LogP contribution in [-0.2, 0) is 16.0 Å². The molecule has 10 heteroatoms. The average molecular weight is 473 g/mol. The van der Waals surface area contributed by atoms with Crippen LogP contribution >= 0.6 is 23.6 Å². The maximum atomic E-state index is 12.3. The number of thiophene rings is 1. The van der Waals surface area contributed by atoms with Gasteiger partial charge < -0.3 is 20.1 Å². The molecule has 0 aliphatic heterocycles. The van der Waals surface area contributed by atoms with Crippen LogP contribution < -0.4 is 10.6 Å². The Hall–Kier alpha value is -3.24. The third-order valence-electron chi connectivity index (χ3n) is 4.78. The third-order valence-corrected chi connectivity index (χ3v) is 6.17. The smallest absolute Gasteiger partial charge is 0.348 e. The summed E-state index contributed by atoms with van der Waals surface area (Å²) in [7, 11) is 2.57. The van der Waals surface area contributed by atoms with Gasteiger partial charge in [0.25, 0.3) is 0 Å². The second-order valence-corrected chi connectivity index (χ2v) is 8.53. The van der Waals surface area contributed by atoms with E-state index in [0.717, 1.165) is 34.0 Å². The molecule has 3 aromatic rings. The Morgan fingerprint density at radius 2 is 1.72 bits per heavy atom. The summed E-state index contributed by atoms with van der Waals surface area (Å²) in [6.07, 6.45) is 0. The van der Waals surface area contributed by atoms with Gasteiger partial charge in [-0.3, -0.25) is 4.68 Å². The fourth-order valence-corrected chi connectivity index (χ4v) is 4.61. The van der Waals surface area contributed by atoms with E-state index in [2.05, 4.69) is 15.7 Å². The van der Waals surface area contributed by atoms with Crippen LogP contribution in [0.5, 0.6) is 0 Å². The normalized spacial score (nSPS) is 10.5. The van der Waals surface area contributed by atoms with Crippen molar-refractivity contribution >= 4 is 51.3 Å². The minimum Gasteiger partial charge on any atom is -0.465 e. The quantitative estimate of drug-likeness (QED) is 0.405. The molecule has 2 aromatic heterocycles. The SMILES string of the molecule is COC(=O)c1sc(NC(=S)Nc2ccc(Cn3nc(C)cc3C)cc2)c(C(=O)OC)c1C. The summed E-state index contributed by atoms with van der Waals surface area (Å²) >= 11 is 6.49. The highest BCUT2D eigenvalue weighted by Gasteiger charge is 2.26. The maximum absolute atomic E-state index is 12.3. The third kappa shape index (κ3) is 5.14. The first-order valence-corrected chi connectivity index (χ1v) is 10.9. The summed E-state index contributed by atoms with van der Waals surface area (Å²) < 4.78 is 11.6. The van der Waals surface area contributed by atoms with Gasteiger partial charge in [-0.05, 0) is 62.3 Å². The Morgan fingerprint density at radius 3 is 2.28 bits per heavy atom. The van der Waals surface area contributed by atoms with Crippen LogP contribution in [0, 0.1) is 20.8 Å². The number of nitrogens with one attached hydrogen (secondary N) is 2. The summed E-state index contributed by atoms with van der Waals surface area (Å²) in [5.74, 6) is -1.09. The van der Waals surface area contributed by atoms with Gasteiger partial charge in [0.05, 0.1) is 32.0 Å². The molecule has 0 aliphatic carbocycles. The fourth-order valence-electron chi connectivity index (χ4n) is 3.20. The summed E-state index contributed by atoms with van der Waals surface area (Å²) in [4.78, 5) is 24.6. The van der Waals surface area contributed by atoms with Gasteiger partial charge in [-0.25, -0.2) is 9.59 Å². The van der Waals surface area contributed by atoms with E-state index in [1.165, 1.54) is 14.2 Å². The summed E-state index contributed by atoms with van der Waals surface area (Å²) in [5, 5.41) is 11.3. The number of nitrogens with zero attached hydrogens (tertiary/aromatic N) is 2. The molecule has 0 bridgehead atoms. The number of aryl methyl sites for hydroxylation is 2. The van der Waals surface area contributed by atoms with Crippen molar-refractivity contribution in [2.45, 2.75) is 27.3 Å². The van der Waals surface area contributed by atoms with Crippen molar-refractivity contribution < 1.29 is 19.1 Å². The number of esters is 2. The number of ether oxygens (including phenoxy) is 2. The minimum atomic E-state index is -0.562. The Balaban J connectivity index is 1.72. The van der Waals surface area contributed by atoms with E-state index in [1.807, 2.05) is 48.9 Å². The van der Waals surface area contributed by atoms with Gasteiger partial charge in [0.2, 0.25) is 0 Å². The van der Waals surface area contributed by atoms with Crippen molar-refractivity contribution in [3.63, 3.8) is 0 Å². The molecule has 0 radical (unpaired) electrons. The highest BCUT2D eigenvalue weighted by Crippen LogP contribution is 2.34. The van der Waals surface area contributed by atoms with Crippen molar-refractivity contribution in [3.05, 3.63) is 63.3 Å². The zero-order valence-electron chi connectivity index (χ0n) is 18.4. The summed E-state index contributed by atoms with van der Waals surface area (Å²) in [6, 6.07) is 9.85. The molecule has 0 saturated carbocycles. The standard InChI is InChI=1S/C22H24N4O4S2/c1-12-10-13(2)26(25-12)11-15-6-8-16(9-7-15)23-22(31)24-19-17(20(27)29-4)14(3)18(32-19)21(28)30-5/h6-10H,11H2,1-5H3,(H2,23,24,31). The van der Waals surface area contributed by atoms with Crippen molar-refractivity contribution in [1.82, 2.24) is 9.78 Å². The molecule has 8 nitrogen and oxygen atoms in total. The van der Waals surface area contributed by atoms with Gasteiger partial charge in [-0.15, -0.1) is 11.3 Å². The number of carbonyl (C=O) groups excluding carboxylic acids is 2. The Bertz CT molecular complexity index is 1170. The summed E-state index contributed by atoms with van der Waals surface area (Å²) in [6.45, 7) is 6.34. The molecule has 3 rings (SSSR count). The van der Waals surface area contributed by atoms with Crippen LogP contribution in [-0.4, -0.2) is 41.1 Å². The zero-order valence-corrected chi connectivity index (χ0v) is 20.1. The molecular weight excluding hydrogens is 448 g/mol. The van der Waals surface area contributed by atoms with Gasteiger partial charge in [-0.1, -0.05) is 12.1 Å². The van der Waals surface area contributed by atoms with Crippen LogP contribution in [0.3, 0.4) is 0 Å². The lowest BCUT2D eigenvalue weighted by atomic mass is 10.1. The molecule has 0 spiro atoms. The maximum Gasteiger partial charge on any atom is 0.348 e. The lowest BCUT2D eigenvalue weighted by Crippen LogP contribution is -2.20. The molecule has 0 saturated heterocycles. The van der Waals surface area contributed by atoms with Crippen molar-refractivity contribution in [3.8, 4) is 0 Å². The Morgan fingerprint density at radius 1 is 1.06 bits per heavy atom. The van der Waals surface area contributed by atoms with E-state index in [-0.39, 0.29) is 10.7 Å². The number of anilines is 2. The molecule has 168 valence electrons. The molecule has 32 heavy (non-hydrogen) atoms. The summed E-state index contributed by atoms with van der Waals surface area (Å²) in [5.41, 5.74) is 4.71. The first-order valence-electron chi connectivity index (χ1n) is 9.71. The first-order chi connectivity index (χ1) is 15.2. The molecule has 2 heterocycles. The monoisotopic (exact) mass is 472 g/mol. The fraction of sp³-hybridized carbons (Fsp3) is 0.273. The number of rotatable bonds is 6. The topological polar surface area (TPSA) is 94.5 Å². The van der Waals surface area contributed by atoms with Gasteiger partial charge in [0.15, 0.2) is 5.11 Å². The van der Waals surface area contributed by atoms with Crippen LogP contribution in [0.1, 0.15) is 42.5 Å². The lowest BCUT2D eigenvalue weighted by Gasteiger charge is -2.11. The number of carbonyl (C=O) groups is 2. The molecule has 0 aliphatic rings. The average Bonchev–Trinajstić information content (AvgIpc) is 3.25. The molecule has 0 unspecified atom stereocenters. The van der Waals surface area contributed by atoms with Gasteiger partial charge >= 0.3 is 11.9 Å². The predicted octanol–water partition coefficient (Wildman–Crippen LogP) is 4.30. The molecule has 2 N–H and O–H groups in total. The molecule has 1 aromatic carbocycles. The molecule has 0 fully saturated rings. The van der Waals surface area contributed by atoms with Crippen LogP contribution in [0.15, 0.2) is 30.3 Å². The Labute approximate surface area is 195 Å². The van der Waals surface area contributed by atoms with Crippen molar-refractivity contribution in [1.29, 1.82) is 0 Å². The van der Waals surface area contributed by atoms with E-state index in [0.29, 0.717) is 22.0 Å². The van der Waals surface area contributed by atoms with Crippen LogP contribution in [0.4, 0.5) is 10.7 Å². The van der Waals surface area contributed by atoms with E-state index in [4.69, 9.17) is 21.7 Å². The second-order valence-electron chi connectivity index (χ2n) is 7.10. The largest absolute Gasteiger partial charge is 0.465 e. The highest BCUT2D eigenvalue weighted by atomic mass is 32.1. The van der Waals surface area contributed by atoms with Crippen LogP contribution in [0.25, 0.3) is 0 Å². The van der Waals surface area contributed by atoms with Crippen molar-refractivity contribution in [2.75, 3.05) is 24.9 Å². The molecule has 0 amide bonds. The lowest BCUT2D eigenvalue weighted by molar-refractivity contribution is 0.0601. The number of methoxy groups -OCH3 is 2. The highest BCUT2D eigenvalue weighted by molar-refractivity contribution is 7.80. The van der Waals surface area contributed by atoms with Gasteiger partial charge in [0.1, 0.15) is 9.88 Å². The van der Waals surface area contributed by atoms with Gasteiger partial charge in [0, 0.05) is 11.4 Å². The van der Waals surface area contributed by atoms with Crippen molar-refractivity contribution in [2.24, 2.45) is 0 Å². The van der Waals surface area contributed by atoms with Crippen LogP contribution in [0.2, 0.25) is 0 Å². The van der Waals surface area contributed by atoms with E-state index >= 15 is 0 Å². The number of hydrogen-bond acceptors (Lipinski definition) is 7. The first kappa shape index (κ1) is 23.4. The number of benzene rings is 1.